The Balaban J connectivity index is 0.00000264. The second-order valence-corrected chi connectivity index (χ2v) is 6.92. The average molecular weight is 438 g/mol. The summed E-state index contributed by atoms with van der Waals surface area (Å²) in [7, 11) is 3.68. The third-order valence-electron chi connectivity index (χ3n) is 5.18. The second kappa shape index (κ2) is 10.7. The number of guanidine groups is 1. The Bertz CT molecular complexity index is 367. The van der Waals surface area contributed by atoms with Gasteiger partial charge in [-0.25, -0.2) is 0 Å². The average Bonchev–Trinajstić information content (AvgIpc) is 2.97. The predicted octanol–water partition coefficient (Wildman–Crippen LogP) is 2.41. The Kier molecular flexibility index (Phi) is 9.77. The zero-order valence-corrected chi connectivity index (χ0v) is 17.6. The molecule has 1 N–H and O–H groups in total. The number of piperidine rings is 1. The molecule has 2 rings (SSSR count). The monoisotopic (exact) mass is 438 g/mol. The maximum Gasteiger partial charge on any atom is 0.193 e. The molecule has 5 nitrogen and oxygen atoms in total. The van der Waals surface area contributed by atoms with Gasteiger partial charge in [-0.1, -0.05) is 6.42 Å². The lowest BCUT2D eigenvalue weighted by atomic mass is 10.0. The first-order valence-electron chi connectivity index (χ1n) is 8.86. The van der Waals surface area contributed by atoms with Crippen LogP contribution in [-0.4, -0.2) is 74.8 Å². The number of rotatable bonds is 5. The molecule has 0 bridgehead atoms. The molecule has 0 aromatic carbocycles. The summed E-state index contributed by atoms with van der Waals surface area (Å²) in [4.78, 5) is 9.48. The van der Waals surface area contributed by atoms with E-state index in [0.717, 1.165) is 32.2 Å². The zero-order valence-electron chi connectivity index (χ0n) is 15.3. The van der Waals surface area contributed by atoms with Gasteiger partial charge in [0, 0.05) is 51.8 Å². The summed E-state index contributed by atoms with van der Waals surface area (Å²) in [5, 5.41) is 3.59. The highest BCUT2D eigenvalue weighted by Gasteiger charge is 2.26. The molecule has 0 aliphatic carbocycles. The molecule has 136 valence electrons. The normalized spacial score (nSPS) is 27.7. The van der Waals surface area contributed by atoms with Gasteiger partial charge in [-0.15, -0.1) is 24.0 Å². The van der Waals surface area contributed by atoms with E-state index in [2.05, 4.69) is 34.0 Å². The molecule has 2 heterocycles. The van der Waals surface area contributed by atoms with Crippen LogP contribution < -0.4 is 5.32 Å². The number of halogens is 1. The van der Waals surface area contributed by atoms with E-state index in [1.54, 1.807) is 7.11 Å². The van der Waals surface area contributed by atoms with E-state index >= 15 is 0 Å². The van der Waals surface area contributed by atoms with Crippen molar-refractivity contribution in [3.63, 3.8) is 0 Å². The van der Waals surface area contributed by atoms with E-state index < -0.39 is 0 Å². The summed E-state index contributed by atoms with van der Waals surface area (Å²) in [5.41, 5.74) is 0. The van der Waals surface area contributed by atoms with Crippen molar-refractivity contribution in [3.05, 3.63) is 0 Å². The van der Waals surface area contributed by atoms with Crippen molar-refractivity contribution in [1.82, 2.24) is 15.1 Å². The third kappa shape index (κ3) is 6.05. The standard InChI is InChI=1S/C17H34N4O.HI/c1-14-7-5-6-9-21(14)15(2)11-19-17(18-3)20-10-8-16(12-20)13-22-4;/h14-16H,5-13H2,1-4H3,(H,18,19);1H. The van der Waals surface area contributed by atoms with Crippen LogP contribution in [0.3, 0.4) is 0 Å². The second-order valence-electron chi connectivity index (χ2n) is 6.92. The minimum absolute atomic E-state index is 0. The van der Waals surface area contributed by atoms with Crippen molar-refractivity contribution in [2.45, 2.75) is 51.6 Å². The van der Waals surface area contributed by atoms with Crippen LogP contribution in [0.4, 0.5) is 0 Å². The van der Waals surface area contributed by atoms with E-state index in [1.165, 1.54) is 32.2 Å². The van der Waals surface area contributed by atoms with Crippen molar-refractivity contribution in [2.24, 2.45) is 10.9 Å². The van der Waals surface area contributed by atoms with Gasteiger partial charge < -0.3 is 15.0 Å². The molecule has 0 aromatic rings. The molecule has 2 aliphatic heterocycles. The van der Waals surface area contributed by atoms with E-state index in [4.69, 9.17) is 4.74 Å². The zero-order chi connectivity index (χ0) is 15.9. The van der Waals surface area contributed by atoms with E-state index in [-0.39, 0.29) is 24.0 Å². The van der Waals surface area contributed by atoms with Crippen LogP contribution in [0.15, 0.2) is 4.99 Å². The molecule has 0 radical (unpaired) electrons. The highest BCUT2D eigenvalue weighted by Crippen LogP contribution is 2.19. The number of nitrogens with zero attached hydrogens (tertiary/aromatic N) is 3. The number of hydrogen-bond acceptors (Lipinski definition) is 3. The molecule has 3 unspecified atom stereocenters. The Hall–Kier alpha value is -0.0800. The van der Waals surface area contributed by atoms with Gasteiger partial charge >= 0.3 is 0 Å². The van der Waals surface area contributed by atoms with Crippen molar-refractivity contribution < 1.29 is 4.74 Å². The number of methoxy groups -OCH3 is 1. The lowest BCUT2D eigenvalue weighted by Crippen LogP contribution is -2.50. The van der Waals surface area contributed by atoms with Crippen molar-refractivity contribution >= 4 is 29.9 Å². The maximum absolute atomic E-state index is 5.28. The van der Waals surface area contributed by atoms with E-state index in [9.17, 15) is 0 Å². The Labute approximate surface area is 159 Å². The van der Waals surface area contributed by atoms with Crippen LogP contribution >= 0.6 is 24.0 Å². The maximum atomic E-state index is 5.28. The smallest absolute Gasteiger partial charge is 0.193 e. The van der Waals surface area contributed by atoms with E-state index in [0.29, 0.717) is 18.0 Å². The summed E-state index contributed by atoms with van der Waals surface area (Å²) in [6.45, 7) is 9.91. The van der Waals surface area contributed by atoms with Gasteiger partial charge in [-0.05, 0) is 39.7 Å². The molecule has 2 saturated heterocycles. The fourth-order valence-corrected chi connectivity index (χ4v) is 3.86. The number of likely N-dealkylation sites (tertiary alicyclic amines) is 2. The minimum Gasteiger partial charge on any atom is -0.384 e. The van der Waals surface area contributed by atoms with Gasteiger partial charge in [0.2, 0.25) is 0 Å². The molecule has 0 saturated carbocycles. The van der Waals surface area contributed by atoms with Crippen LogP contribution in [0.1, 0.15) is 39.5 Å². The number of aliphatic imine (C=N–C) groups is 1. The Morgan fingerprint density at radius 3 is 2.74 bits per heavy atom. The van der Waals surface area contributed by atoms with Crippen molar-refractivity contribution in [1.29, 1.82) is 0 Å². The first-order valence-corrected chi connectivity index (χ1v) is 8.86. The molecule has 3 atom stereocenters. The summed E-state index contributed by atoms with van der Waals surface area (Å²) in [6, 6.07) is 1.27. The van der Waals surface area contributed by atoms with Crippen LogP contribution in [0.5, 0.6) is 0 Å². The molecule has 2 aliphatic rings. The molecule has 2 fully saturated rings. The Morgan fingerprint density at radius 2 is 2.09 bits per heavy atom. The third-order valence-corrected chi connectivity index (χ3v) is 5.18. The highest BCUT2D eigenvalue weighted by atomic mass is 127. The van der Waals surface area contributed by atoms with Crippen LogP contribution in [0.25, 0.3) is 0 Å². The quantitative estimate of drug-likeness (QED) is 0.407. The molecular weight excluding hydrogens is 403 g/mol. The lowest BCUT2D eigenvalue weighted by molar-refractivity contribution is 0.115. The van der Waals surface area contributed by atoms with Gasteiger partial charge in [0.25, 0.3) is 0 Å². The largest absolute Gasteiger partial charge is 0.384 e. The topological polar surface area (TPSA) is 40.1 Å². The van der Waals surface area contributed by atoms with Crippen LogP contribution in [0, 0.1) is 5.92 Å². The fourth-order valence-electron chi connectivity index (χ4n) is 3.86. The van der Waals surface area contributed by atoms with Gasteiger partial charge in [-0.2, -0.15) is 0 Å². The number of ether oxygens (including phenoxy) is 1. The minimum atomic E-state index is 0. The summed E-state index contributed by atoms with van der Waals surface area (Å²) < 4.78 is 5.28. The molecule has 0 aromatic heterocycles. The summed E-state index contributed by atoms with van der Waals surface area (Å²) >= 11 is 0. The van der Waals surface area contributed by atoms with E-state index in [1.807, 2.05) is 7.05 Å². The number of hydrogen-bond donors (Lipinski definition) is 1. The first kappa shape index (κ1) is 21.0. The molecule has 6 heteroatoms. The molecular formula is C17H35IN4O. The van der Waals surface area contributed by atoms with Gasteiger partial charge in [0.1, 0.15) is 0 Å². The summed E-state index contributed by atoms with van der Waals surface area (Å²) in [5.74, 6) is 1.69. The molecule has 0 amide bonds. The Morgan fingerprint density at radius 1 is 1.30 bits per heavy atom. The van der Waals surface area contributed by atoms with Gasteiger partial charge in [0.15, 0.2) is 5.96 Å². The SMILES string of the molecule is CN=C(NCC(C)N1CCCCC1C)N1CCC(COC)C1.I. The molecule has 23 heavy (non-hydrogen) atoms. The summed E-state index contributed by atoms with van der Waals surface area (Å²) in [6.07, 6.45) is 5.26. The highest BCUT2D eigenvalue weighted by molar-refractivity contribution is 14.0. The predicted molar refractivity (Wildman–Crippen MR) is 108 cm³/mol. The first-order chi connectivity index (χ1) is 10.7. The van der Waals surface area contributed by atoms with Crippen molar-refractivity contribution in [3.8, 4) is 0 Å². The van der Waals surface area contributed by atoms with Crippen LogP contribution in [0.2, 0.25) is 0 Å². The fraction of sp³-hybridized carbons (Fsp3) is 0.941. The lowest BCUT2D eigenvalue weighted by Gasteiger charge is -2.38. The van der Waals surface area contributed by atoms with Crippen LogP contribution in [-0.2, 0) is 4.74 Å². The van der Waals surface area contributed by atoms with Crippen molar-refractivity contribution in [2.75, 3.05) is 46.9 Å². The van der Waals surface area contributed by atoms with Gasteiger partial charge in [-0.3, -0.25) is 9.89 Å². The number of nitrogens with one attached hydrogen (secondary N) is 1. The molecule has 0 spiro atoms. The van der Waals surface area contributed by atoms with Gasteiger partial charge in [0.05, 0.1) is 6.61 Å².